The van der Waals surface area contributed by atoms with Crippen LogP contribution in [-0.2, 0) is 11.2 Å². The fourth-order valence-electron chi connectivity index (χ4n) is 2.88. The Morgan fingerprint density at radius 2 is 1.76 bits per heavy atom. The standard InChI is InChI=1S/C25H26N4O3S/c1-4-5-23-28-29-25(33-23)27-24(30)20(16-26)15-19-7-10-21(11-8-19)31-12-13-32-22-9-6-17(2)18(3)14-22/h6-11,14-15H,4-5,12-13H2,1-3H3,(H,27,29,30)/b20-15-. The molecular weight excluding hydrogens is 436 g/mol. The molecule has 1 aromatic heterocycles. The van der Waals surface area contributed by atoms with Crippen molar-refractivity contribution < 1.29 is 14.3 Å². The van der Waals surface area contributed by atoms with Crippen LogP contribution in [0.3, 0.4) is 0 Å². The summed E-state index contributed by atoms with van der Waals surface area (Å²) in [6.07, 6.45) is 3.28. The first-order chi connectivity index (χ1) is 16.0. The molecule has 0 aliphatic carbocycles. The summed E-state index contributed by atoms with van der Waals surface area (Å²) in [5.74, 6) is 0.983. The molecule has 8 heteroatoms. The number of benzene rings is 2. The zero-order valence-corrected chi connectivity index (χ0v) is 19.7. The Bertz CT molecular complexity index is 1160. The highest BCUT2D eigenvalue weighted by Gasteiger charge is 2.12. The number of nitrogens with one attached hydrogen (secondary N) is 1. The number of aromatic nitrogens is 2. The van der Waals surface area contributed by atoms with Crippen LogP contribution in [0.2, 0.25) is 0 Å². The average Bonchev–Trinajstić information content (AvgIpc) is 3.25. The molecule has 1 N–H and O–H groups in total. The molecule has 3 rings (SSSR count). The number of hydrogen-bond acceptors (Lipinski definition) is 7. The van der Waals surface area contributed by atoms with Crippen LogP contribution in [0, 0.1) is 25.2 Å². The minimum atomic E-state index is -0.513. The van der Waals surface area contributed by atoms with Crippen LogP contribution in [0.15, 0.2) is 48.0 Å². The summed E-state index contributed by atoms with van der Waals surface area (Å²) < 4.78 is 11.4. The summed E-state index contributed by atoms with van der Waals surface area (Å²) in [5.41, 5.74) is 3.11. The third-order valence-electron chi connectivity index (χ3n) is 4.81. The van der Waals surface area contributed by atoms with Crippen molar-refractivity contribution in [1.82, 2.24) is 10.2 Å². The monoisotopic (exact) mass is 462 g/mol. The van der Waals surface area contributed by atoms with Crippen LogP contribution in [-0.4, -0.2) is 29.3 Å². The summed E-state index contributed by atoms with van der Waals surface area (Å²) in [7, 11) is 0. The van der Waals surface area contributed by atoms with Gasteiger partial charge in [-0.25, -0.2) is 0 Å². The highest BCUT2D eigenvalue weighted by molar-refractivity contribution is 7.15. The van der Waals surface area contributed by atoms with E-state index >= 15 is 0 Å². The van der Waals surface area contributed by atoms with E-state index in [-0.39, 0.29) is 5.57 Å². The molecule has 0 aliphatic rings. The molecule has 0 saturated carbocycles. The third-order valence-corrected chi connectivity index (χ3v) is 5.70. The number of carbonyl (C=O) groups excluding carboxylic acids is 1. The molecule has 33 heavy (non-hydrogen) atoms. The molecule has 0 atom stereocenters. The normalized spacial score (nSPS) is 11.0. The minimum Gasteiger partial charge on any atom is -0.490 e. The van der Waals surface area contributed by atoms with Crippen LogP contribution in [0.4, 0.5) is 5.13 Å². The lowest BCUT2D eigenvalue weighted by Crippen LogP contribution is -2.13. The minimum absolute atomic E-state index is 0.0160. The second-order valence-electron chi connectivity index (χ2n) is 7.39. The van der Waals surface area contributed by atoms with Gasteiger partial charge in [0.05, 0.1) is 0 Å². The maximum Gasteiger partial charge on any atom is 0.268 e. The summed E-state index contributed by atoms with van der Waals surface area (Å²) in [6, 6.07) is 15.1. The van der Waals surface area contributed by atoms with E-state index in [1.807, 2.05) is 31.2 Å². The molecule has 0 radical (unpaired) electrons. The van der Waals surface area contributed by atoms with E-state index in [1.54, 1.807) is 24.3 Å². The van der Waals surface area contributed by atoms with Crippen molar-refractivity contribution in [3.63, 3.8) is 0 Å². The van der Waals surface area contributed by atoms with Crippen LogP contribution >= 0.6 is 11.3 Å². The van der Waals surface area contributed by atoms with Gasteiger partial charge in [-0.3, -0.25) is 10.1 Å². The van der Waals surface area contributed by atoms with E-state index in [2.05, 4.69) is 29.4 Å². The third kappa shape index (κ3) is 7.16. The lowest BCUT2D eigenvalue weighted by atomic mass is 10.1. The SMILES string of the molecule is CCCc1nnc(NC(=O)/C(C#N)=C\c2ccc(OCCOc3ccc(C)c(C)c3)cc2)s1. The molecule has 0 unspecified atom stereocenters. The van der Waals surface area contributed by atoms with Gasteiger partial charge in [-0.05, 0) is 67.3 Å². The quantitative estimate of drug-likeness (QED) is 0.255. The Morgan fingerprint density at radius 3 is 2.42 bits per heavy atom. The predicted molar refractivity (Wildman–Crippen MR) is 129 cm³/mol. The molecule has 0 bridgehead atoms. The van der Waals surface area contributed by atoms with Gasteiger partial charge in [0.25, 0.3) is 5.91 Å². The number of carbonyl (C=O) groups is 1. The first-order valence-electron chi connectivity index (χ1n) is 10.7. The molecule has 170 valence electrons. The van der Waals surface area contributed by atoms with E-state index in [4.69, 9.17) is 9.47 Å². The average molecular weight is 463 g/mol. The first kappa shape index (κ1) is 24.0. The predicted octanol–water partition coefficient (Wildman–Crippen LogP) is 5.11. The zero-order chi connectivity index (χ0) is 23.6. The van der Waals surface area contributed by atoms with E-state index < -0.39 is 5.91 Å². The second kappa shape index (κ2) is 11.8. The molecule has 2 aromatic carbocycles. The fourth-order valence-corrected chi connectivity index (χ4v) is 3.72. The Labute approximate surface area is 197 Å². The van der Waals surface area contributed by atoms with Gasteiger partial charge in [0.1, 0.15) is 41.4 Å². The molecule has 0 saturated heterocycles. The first-order valence-corrected chi connectivity index (χ1v) is 11.5. The molecule has 7 nitrogen and oxygen atoms in total. The molecule has 3 aromatic rings. The summed E-state index contributed by atoms with van der Waals surface area (Å²) in [4.78, 5) is 12.4. The van der Waals surface area contributed by atoms with Gasteiger partial charge in [-0.1, -0.05) is 36.5 Å². The number of rotatable bonds is 10. The van der Waals surface area contributed by atoms with E-state index in [0.717, 1.165) is 23.6 Å². The lowest BCUT2D eigenvalue weighted by Gasteiger charge is -2.10. The van der Waals surface area contributed by atoms with Gasteiger partial charge in [0.2, 0.25) is 5.13 Å². The van der Waals surface area contributed by atoms with Crippen molar-refractivity contribution in [2.24, 2.45) is 0 Å². The molecule has 1 heterocycles. The molecule has 0 spiro atoms. The number of hydrogen-bond donors (Lipinski definition) is 1. The molecule has 0 fully saturated rings. The van der Waals surface area contributed by atoms with Crippen LogP contribution in [0.25, 0.3) is 6.08 Å². The van der Waals surface area contributed by atoms with Crippen LogP contribution in [0.5, 0.6) is 11.5 Å². The van der Waals surface area contributed by atoms with Gasteiger partial charge in [0.15, 0.2) is 0 Å². The Kier molecular flexibility index (Phi) is 8.56. The van der Waals surface area contributed by atoms with Gasteiger partial charge >= 0.3 is 0 Å². The lowest BCUT2D eigenvalue weighted by molar-refractivity contribution is -0.112. The summed E-state index contributed by atoms with van der Waals surface area (Å²) in [6.45, 7) is 6.99. The van der Waals surface area contributed by atoms with Crippen molar-refractivity contribution in [2.45, 2.75) is 33.6 Å². The van der Waals surface area contributed by atoms with E-state index in [1.165, 1.54) is 28.5 Å². The van der Waals surface area contributed by atoms with Crippen molar-refractivity contribution in [3.8, 4) is 17.6 Å². The summed E-state index contributed by atoms with van der Waals surface area (Å²) in [5, 5.41) is 21.2. The smallest absolute Gasteiger partial charge is 0.268 e. The maximum atomic E-state index is 12.4. The Morgan fingerprint density at radius 1 is 1.06 bits per heavy atom. The number of nitriles is 1. The van der Waals surface area contributed by atoms with E-state index in [0.29, 0.717) is 29.7 Å². The molecule has 1 amide bonds. The number of amides is 1. The van der Waals surface area contributed by atoms with Crippen molar-refractivity contribution >= 4 is 28.5 Å². The number of nitrogens with zero attached hydrogens (tertiary/aromatic N) is 3. The summed E-state index contributed by atoms with van der Waals surface area (Å²) >= 11 is 1.31. The van der Waals surface area contributed by atoms with Crippen molar-refractivity contribution in [2.75, 3.05) is 18.5 Å². The van der Waals surface area contributed by atoms with Crippen molar-refractivity contribution in [1.29, 1.82) is 5.26 Å². The maximum absolute atomic E-state index is 12.4. The number of ether oxygens (including phenoxy) is 2. The topological polar surface area (TPSA) is 97.1 Å². The molecule has 0 aliphatic heterocycles. The van der Waals surface area contributed by atoms with Gasteiger partial charge < -0.3 is 9.47 Å². The zero-order valence-electron chi connectivity index (χ0n) is 18.9. The molecular formula is C25H26N4O3S. The van der Waals surface area contributed by atoms with Gasteiger partial charge in [0, 0.05) is 6.42 Å². The van der Waals surface area contributed by atoms with Crippen molar-refractivity contribution in [3.05, 3.63) is 69.7 Å². The highest BCUT2D eigenvalue weighted by atomic mass is 32.1. The highest BCUT2D eigenvalue weighted by Crippen LogP contribution is 2.19. The number of anilines is 1. The largest absolute Gasteiger partial charge is 0.490 e. The Balaban J connectivity index is 1.51. The van der Waals surface area contributed by atoms with Crippen LogP contribution in [0.1, 0.15) is 35.0 Å². The van der Waals surface area contributed by atoms with Gasteiger partial charge in [-0.15, -0.1) is 10.2 Å². The van der Waals surface area contributed by atoms with Gasteiger partial charge in [-0.2, -0.15) is 5.26 Å². The Hall–Kier alpha value is -3.70. The van der Waals surface area contributed by atoms with Crippen LogP contribution < -0.4 is 14.8 Å². The number of aryl methyl sites for hydroxylation is 3. The fraction of sp³-hybridized carbons (Fsp3) is 0.280. The van der Waals surface area contributed by atoms with E-state index in [9.17, 15) is 10.1 Å². The second-order valence-corrected chi connectivity index (χ2v) is 8.45.